The molecule has 0 atom stereocenters. The first kappa shape index (κ1) is 11.3. The van der Waals surface area contributed by atoms with Crippen LogP contribution in [0.1, 0.15) is 33.6 Å². The van der Waals surface area contributed by atoms with Gasteiger partial charge in [-0.1, -0.05) is 36.7 Å². The zero-order valence-electron chi connectivity index (χ0n) is 7.26. The zero-order valence-corrected chi connectivity index (χ0v) is 8.84. The number of halogens is 3. The molecular weight excluding hydrogens is 214 g/mol. The molecule has 0 aliphatic rings. The van der Waals surface area contributed by atoms with E-state index in [0.717, 1.165) is 0 Å². The van der Waals surface area contributed by atoms with Crippen molar-refractivity contribution in [1.29, 1.82) is 0 Å². The fourth-order valence-corrected chi connectivity index (χ4v) is 1.07. The maximum absolute atomic E-state index is 12.8. The molecule has 0 unspecified atom stereocenters. The summed E-state index contributed by atoms with van der Waals surface area (Å²) in [7, 11) is 0. The fourth-order valence-electron chi connectivity index (χ4n) is 0.872. The average Bonchev–Trinajstić information content (AvgIpc) is 1.86. The van der Waals surface area contributed by atoms with E-state index in [2.05, 4.69) is 15.9 Å². The first-order chi connectivity index (χ1) is 4.83. The highest BCUT2D eigenvalue weighted by Gasteiger charge is 2.34. The van der Waals surface area contributed by atoms with Crippen molar-refractivity contribution in [2.45, 2.75) is 39.5 Å². The summed E-state index contributed by atoms with van der Waals surface area (Å²) < 4.78 is 25.6. The Kier molecular flexibility index (Phi) is 3.95. The Hall–Kier alpha value is 0.340. The number of rotatable bonds is 4. The van der Waals surface area contributed by atoms with Crippen LogP contribution in [0.15, 0.2) is 0 Å². The van der Waals surface area contributed by atoms with Crippen LogP contribution in [0.2, 0.25) is 0 Å². The van der Waals surface area contributed by atoms with Crippen LogP contribution >= 0.6 is 15.9 Å². The summed E-state index contributed by atoms with van der Waals surface area (Å²) in [4.78, 5) is 0. The second-order valence-corrected chi connectivity index (χ2v) is 4.24. The first-order valence-electron chi connectivity index (χ1n) is 3.77. The Labute approximate surface area is 75.5 Å². The molecule has 0 heterocycles. The van der Waals surface area contributed by atoms with Crippen molar-refractivity contribution in [1.82, 2.24) is 0 Å². The third-order valence-corrected chi connectivity index (χ3v) is 3.13. The minimum absolute atomic E-state index is 0.0399. The van der Waals surface area contributed by atoms with Crippen molar-refractivity contribution in [3.8, 4) is 0 Å². The highest BCUT2D eigenvalue weighted by molar-refractivity contribution is 9.09. The average molecular weight is 229 g/mol. The van der Waals surface area contributed by atoms with E-state index in [4.69, 9.17) is 0 Å². The second-order valence-electron chi connectivity index (χ2n) is 3.68. The van der Waals surface area contributed by atoms with E-state index >= 15 is 0 Å². The van der Waals surface area contributed by atoms with Gasteiger partial charge in [0.25, 0.3) is 0 Å². The predicted octanol–water partition coefficient (Wildman–Crippen LogP) is 3.84. The van der Waals surface area contributed by atoms with E-state index in [1.165, 1.54) is 6.92 Å². The Morgan fingerprint density at radius 3 is 2.00 bits per heavy atom. The molecule has 0 amide bonds. The van der Waals surface area contributed by atoms with Gasteiger partial charge in [0.15, 0.2) is 0 Å². The van der Waals surface area contributed by atoms with Gasteiger partial charge in [-0.15, -0.1) is 0 Å². The highest BCUT2D eigenvalue weighted by Crippen LogP contribution is 2.35. The van der Waals surface area contributed by atoms with E-state index in [1.54, 1.807) is 0 Å². The third kappa shape index (κ3) is 4.72. The minimum Gasteiger partial charge on any atom is -0.207 e. The van der Waals surface area contributed by atoms with Crippen LogP contribution in [0.25, 0.3) is 0 Å². The molecule has 68 valence electrons. The van der Waals surface area contributed by atoms with Crippen LogP contribution in [-0.2, 0) is 0 Å². The summed E-state index contributed by atoms with van der Waals surface area (Å²) in [6.07, 6.45) is -0.106. The lowest BCUT2D eigenvalue weighted by Gasteiger charge is -2.26. The largest absolute Gasteiger partial charge is 0.248 e. The summed E-state index contributed by atoms with van der Waals surface area (Å²) in [5.74, 6) is -2.50. The van der Waals surface area contributed by atoms with Crippen LogP contribution < -0.4 is 0 Å². The lowest BCUT2D eigenvalue weighted by atomic mass is 9.88. The summed E-state index contributed by atoms with van der Waals surface area (Å²) in [6.45, 7) is 5.20. The lowest BCUT2D eigenvalue weighted by molar-refractivity contribution is -0.0375. The second kappa shape index (κ2) is 3.83. The zero-order chi connectivity index (χ0) is 9.12. The maximum Gasteiger partial charge on any atom is 0.248 e. The van der Waals surface area contributed by atoms with Gasteiger partial charge in [-0.25, -0.2) is 8.78 Å². The van der Waals surface area contributed by atoms with Crippen molar-refractivity contribution in [3.05, 3.63) is 0 Å². The molecule has 0 aromatic heterocycles. The van der Waals surface area contributed by atoms with Crippen LogP contribution in [0.4, 0.5) is 8.78 Å². The van der Waals surface area contributed by atoms with Gasteiger partial charge in [-0.3, -0.25) is 0 Å². The van der Waals surface area contributed by atoms with E-state index in [-0.39, 0.29) is 18.3 Å². The van der Waals surface area contributed by atoms with Gasteiger partial charge in [-0.2, -0.15) is 0 Å². The van der Waals surface area contributed by atoms with E-state index < -0.39 is 5.92 Å². The molecule has 0 radical (unpaired) electrons. The molecule has 0 spiro atoms. The summed E-state index contributed by atoms with van der Waals surface area (Å²) >= 11 is 3.22. The molecule has 0 N–H and O–H groups in total. The summed E-state index contributed by atoms with van der Waals surface area (Å²) in [6, 6.07) is 0. The van der Waals surface area contributed by atoms with Crippen LogP contribution in [0.3, 0.4) is 0 Å². The first-order valence-corrected chi connectivity index (χ1v) is 4.89. The molecule has 11 heavy (non-hydrogen) atoms. The number of hydrogen-bond donors (Lipinski definition) is 0. The van der Waals surface area contributed by atoms with Crippen LogP contribution in [0, 0.1) is 5.41 Å². The molecule has 0 aliphatic carbocycles. The van der Waals surface area contributed by atoms with E-state index in [0.29, 0.717) is 5.33 Å². The molecule has 0 fully saturated rings. The monoisotopic (exact) mass is 228 g/mol. The van der Waals surface area contributed by atoms with Gasteiger partial charge in [0.2, 0.25) is 5.92 Å². The number of hydrogen-bond acceptors (Lipinski definition) is 0. The van der Waals surface area contributed by atoms with Crippen molar-refractivity contribution in [2.75, 3.05) is 5.33 Å². The predicted molar refractivity (Wildman–Crippen MR) is 47.4 cm³/mol. The Bertz CT molecular complexity index is 107. The highest BCUT2D eigenvalue weighted by atomic mass is 79.9. The van der Waals surface area contributed by atoms with Gasteiger partial charge in [0.05, 0.1) is 0 Å². The molecule has 0 aromatic rings. The van der Waals surface area contributed by atoms with Crippen LogP contribution in [0.5, 0.6) is 0 Å². The SMILES string of the molecule is CCC(F)(F)CC(C)(C)CBr. The molecule has 0 nitrogen and oxygen atoms in total. The van der Waals surface area contributed by atoms with Crippen molar-refractivity contribution in [3.63, 3.8) is 0 Å². The summed E-state index contributed by atoms with van der Waals surface area (Å²) in [5, 5.41) is 0.621. The minimum atomic E-state index is -2.50. The van der Waals surface area contributed by atoms with Gasteiger partial charge < -0.3 is 0 Å². The van der Waals surface area contributed by atoms with Gasteiger partial charge in [-0.05, 0) is 5.41 Å². The molecule has 3 heteroatoms. The molecule has 0 rings (SSSR count). The van der Waals surface area contributed by atoms with Gasteiger partial charge >= 0.3 is 0 Å². The molecule has 0 aromatic carbocycles. The molecule has 0 saturated heterocycles. The summed E-state index contributed by atoms with van der Waals surface area (Å²) in [5.41, 5.74) is -0.306. The Morgan fingerprint density at radius 1 is 1.27 bits per heavy atom. The van der Waals surface area contributed by atoms with E-state index in [1.807, 2.05) is 13.8 Å². The Morgan fingerprint density at radius 2 is 1.73 bits per heavy atom. The Balaban J connectivity index is 4.02. The quantitative estimate of drug-likeness (QED) is 0.642. The number of alkyl halides is 3. The van der Waals surface area contributed by atoms with E-state index in [9.17, 15) is 8.78 Å². The van der Waals surface area contributed by atoms with Crippen LogP contribution in [-0.4, -0.2) is 11.3 Å². The molecular formula is C8H15BrF2. The van der Waals surface area contributed by atoms with Crippen molar-refractivity contribution < 1.29 is 8.78 Å². The molecule has 0 aliphatic heterocycles. The molecule has 0 saturated carbocycles. The van der Waals surface area contributed by atoms with Gasteiger partial charge in [0, 0.05) is 18.2 Å². The normalized spacial score (nSPS) is 13.6. The van der Waals surface area contributed by atoms with Crippen molar-refractivity contribution >= 4 is 15.9 Å². The lowest BCUT2D eigenvalue weighted by Crippen LogP contribution is -2.26. The standard InChI is InChI=1S/C8H15BrF2/c1-4-8(10,11)5-7(2,3)6-9/h4-6H2,1-3H3. The smallest absolute Gasteiger partial charge is 0.207 e. The van der Waals surface area contributed by atoms with Gasteiger partial charge in [0.1, 0.15) is 0 Å². The van der Waals surface area contributed by atoms with Crippen molar-refractivity contribution in [2.24, 2.45) is 5.41 Å². The fraction of sp³-hybridized carbons (Fsp3) is 1.00. The molecule has 0 bridgehead atoms. The third-order valence-electron chi connectivity index (χ3n) is 1.62. The topological polar surface area (TPSA) is 0 Å². The maximum atomic E-state index is 12.8.